The SMILES string of the molecule is Cn1c(CN2CC=C(c3cccc(OCc4ccc(Cl)cc4F)n3)CC2)nc2cc(C(=O)NC3=N/C=C\NC=NC3)ccc21. The van der Waals surface area contributed by atoms with Crippen molar-refractivity contribution >= 4 is 46.3 Å². The summed E-state index contributed by atoms with van der Waals surface area (Å²) in [5.74, 6) is 1.15. The van der Waals surface area contributed by atoms with Crippen LogP contribution in [0.3, 0.4) is 0 Å². The summed E-state index contributed by atoms with van der Waals surface area (Å²) in [5, 5.41) is 6.02. The maximum absolute atomic E-state index is 14.1. The largest absolute Gasteiger partial charge is 0.473 e. The van der Waals surface area contributed by atoms with Gasteiger partial charge in [-0.1, -0.05) is 29.8 Å². The summed E-state index contributed by atoms with van der Waals surface area (Å²) in [4.78, 5) is 33.1. The number of amidine groups is 1. The molecule has 0 saturated heterocycles. The average Bonchev–Trinajstić information content (AvgIpc) is 3.32. The standard InChI is InChI=1S/C32H30ClFN8O2/c1-41-28-8-6-22(32(43)40-29-17-36-20-35-11-12-37-29)15-27(28)38-30(41)18-42-13-9-21(10-14-42)26-3-2-4-31(39-26)44-19-23-5-7-24(33)16-25(23)34/h2-9,11-12,15-16,20H,10,13-14,17-19H2,1H3,(H,35,36)(H,37,40,43)/b12-11-. The molecule has 0 fully saturated rings. The number of amides is 1. The van der Waals surface area contributed by atoms with E-state index in [9.17, 15) is 9.18 Å². The van der Waals surface area contributed by atoms with E-state index in [2.05, 4.69) is 41.1 Å². The predicted octanol–water partition coefficient (Wildman–Crippen LogP) is 4.86. The van der Waals surface area contributed by atoms with Crippen molar-refractivity contribution in [1.82, 2.24) is 30.1 Å². The Labute approximate surface area is 258 Å². The Bertz CT molecular complexity index is 1830. The molecule has 2 aromatic carbocycles. The predicted molar refractivity (Wildman–Crippen MR) is 169 cm³/mol. The number of nitrogens with one attached hydrogen (secondary N) is 2. The van der Waals surface area contributed by atoms with E-state index in [0.29, 0.717) is 34.4 Å². The highest BCUT2D eigenvalue weighted by molar-refractivity contribution is 6.30. The molecule has 4 aromatic rings. The van der Waals surface area contributed by atoms with Crippen LogP contribution in [0, 0.1) is 5.82 Å². The summed E-state index contributed by atoms with van der Waals surface area (Å²) in [5.41, 5.74) is 4.60. The van der Waals surface area contributed by atoms with Crippen molar-refractivity contribution in [1.29, 1.82) is 0 Å². The zero-order valence-electron chi connectivity index (χ0n) is 24.0. The van der Waals surface area contributed by atoms with Crippen LogP contribution in [0.2, 0.25) is 5.02 Å². The summed E-state index contributed by atoms with van der Waals surface area (Å²) in [7, 11) is 1.99. The van der Waals surface area contributed by atoms with Crippen LogP contribution in [0.4, 0.5) is 4.39 Å². The number of nitrogens with zero attached hydrogens (tertiary/aromatic N) is 6. The monoisotopic (exact) mass is 612 g/mol. The summed E-state index contributed by atoms with van der Waals surface area (Å²) in [6.07, 6.45) is 7.75. The number of carbonyl (C=O) groups excluding carboxylic acids is 1. The topological polar surface area (TPSA) is 109 Å². The number of pyridine rings is 1. The van der Waals surface area contributed by atoms with E-state index in [1.807, 2.05) is 25.2 Å². The number of fused-ring (bicyclic) bond motifs is 1. The molecule has 12 heteroatoms. The van der Waals surface area contributed by atoms with E-state index in [0.717, 1.165) is 47.6 Å². The van der Waals surface area contributed by atoms with Gasteiger partial charge in [0.05, 0.1) is 36.2 Å². The second-order valence-corrected chi connectivity index (χ2v) is 10.8. The fraction of sp³-hybridized carbons (Fsp3) is 0.219. The lowest BCUT2D eigenvalue weighted by Crippen LogP contribution is -2.33. The third-order valence-electron chi connectivity index (χ3n) is 7.40. The molecule has 0 spiro atoms. The molecule has 0 radical (unpaired) electrons. The summed E-state index contributed by atoms with van der Waals surface area (Å²) >= 11 is 5.84. The Hall–Kier alpha value is -4.87. The van der Waals surface area contributed by atoms with Crippen LogP contribution in [0.15, 0.2) is 83.1 Å². The fourth-order valence-electron chi connectivity index (χ4n) is 5.00. The van der Waals surface area contributed by atoms with Crippen molar-refractivity contribution in [2.45, 2.75) is 19.6 Å². The zero-order chi connectivity index (χ0) is 30.5. The lowest BCUT2D eigenvalue weighted by Gasteiger charge is -2.25. The molecule has 0 unspecified atom stereocenters. The van der Waals surface area contributed by atoms with Gasteiger partial charge in [0.15, 0.2) is 0 Å². The number of benzene rings is 2. The maximum Gasteiger partial charge on any atom is 0.256 e. The van der Waals surface area contributed by atoms with Crippen molar-refractivity contribution in [2.24, 2.45) is 17.0 Å². The normalized spacial score (nSPS) is 16.0. The van der Waals surface area contributed by atoms with Crippen LogP contribution in [0.25, 0.3) is 16.6 Å². The average molecular weight is 613 g/mol. The minimum atomic E-state index is -0.405. The van der Waals surface area contributed by atoms with Gasteiger partial charge in [0.25, 0.3) is 5.91 Å². The van der Waals surface area contributed by atoms with Gasteiger partial charge in [-0.15, -0.1) is 0 Å². The number of rotatable bonds is 7. The van der Waals surface area contributed by atoms with Gasteiger partial charge in [0.2, 0.25) is 5.88 Å². The highest BCUT2D eigenvalue weighted by Crippen LogP contribution is 2.25. The molecule has 2 aliphatic heterocycles. The van der Waals surface area contributed by atoms with Crippen molar-refractivity contribution in [3.05, 3.63) is 107 Å². The number of hydrogen-bond donors (Lipinski definition) is 2. The Morgan fingerprint density at radius 1 is 1.16 bits per heavy atom. The van der Waals surface area contributed by atoms with Crippen LogP contribution in [0.5, 0.6) is 5.88 Å². The quantitative estimate of drug-likeness (QED) is 0.309. The molecular formula is C32H30ClFN8O2. The molecule has 4 heterocycles. The van der Waals surface area contributed by atoms with Crippen LogP contribution < -0.4 is 15.4 Å². The second kappa shape index (κ2) is 13.2. The first kappa shape index (κ1) is 29.2. The highest BCUT2D eigenvalue weighted by atomic mass is 35.5. The van der Waals surface area contributed by atoms with Crippen LogP contribution >= 0.6 is 11.6 Å². The molecule has 1 amide bonds. The van der Waals surface area contributed by atoms with Gasteiger partial charge in [0, 0.05) is 54.8 Å². The first-order valence-electron chi connectivity index (χ1n) is 14.1. The number of ether oxygens (including phenoxy) is 1. The lowest BCUT2D eigenvalue weighted by atomic mass is 10.0. The van der Waals surface area contributed by atoms with Crippen LogP contribution in [0.1, 0.15) is 33.9 Å². The molecule has 0 atom stereocenters. The van der Waals surface area contributed by atoms with Gasteiger partial charge in [-0.25, -0.2) is 19.4 Å². The molecule has 6 rings (SSSR count). The van der Waals surface area contributed by atoms with E-state index < -0.39 is 5.82 Å². The van der Waals surface area contributed by atoms with Gasteiger partial charge in [0.1, 0.15) is 24.1 Å². The molecule has 0 bridgehead atoms. The fourth-order valence-corrected chi connectivity index (χ4v) is 5.16. The number of aliphatic imine (C=N–C) groups is 2. The van der Waals surface area contributed by atoms with Crippen LogP contribution in [-0.2, 0) is 20.2 Å². The molecule has 0 saturated carbocycles. The number of hydrogen-bond acceptors (Lipinski definition) is 8. The molecule has 2 aromatic heterocycles. The molecule has 0 aliphatic carbocycles. The van der Waals surface area contributed by atoms with Crippen molar-refractivity contribution < 1.29 is 13.9 Å². The Balaban J connectivity index is 1.08. The van der Waals surface area contributed by atoms with Gasteiger partial charge in [-0.05, 0) is 48.4 Å². The number of aryl methyl sites for hydroxylation is 1. The number of carbonyl (C=O) groups is 1. The first-order chi connectivity index (χ1) is 21.4. The summed E-state index contributed by atoms with van der Waals surface area (Å²) in [6, 6.07) is 15.7. The highest BCUT2D eigenvalue weighted by Gasteiger charge is 2.19. The van der Waals surface area contributed by atoms with Gasteiger partial charge >= 0.3 is 0 Å². The Kier molecular flexibility index (Phi) is 8.76. The molecule has 2 N–H and O–H groups in total. The first-order valence-corrected chi connectivity index (χ1v) is 14.5. The van der Waals surface area contributed by atoms with E-state index in [-0.39, 0.29) is 19.1 Å². The van der Waals surface area contributed by atoms with Crippen LogP contribution in [-0.4, -0.2) is 57.2 Å². The summed E-state index contributed by atoms with van der Waals surface area (Å²) < 4.78 is 22.0. The number of halogens is 2. The third kappa shape index (κ3) is 6.85. The van der Waals surface area contributed by atoms with E-state index in [1.54, 1.807) is 49.1 Å². The third-order valence-corrected chi connectivity index (χ3v) is 7.64. The molecule has 10 nitrogen and oxygen atoms in total. The molecule has 44 heavy (non-hydrogen) atoms. The number of aromatic nitrogens is 3. The van der Waals surface area contributed by atoms with Crippen molar-refractivity contribution in [3.8, 4) is 5.88 Å². The van der Waals surface area contributed by atoms with E-state index in [4.69, 9.17) is 21.3 Å². The van der Waals surface area contributed by atoms with Gasteiger partial charge in [-0.2, -0.15) is 0 Å². The lowest BCUT2D eigenvalue weighted by molar-refractivity contribution is 0.0976. The Morgan fingerprint density at radius 3 is 2.91 bits per heavy atom. The minimum Gasteiger partial charge on any atom is -0.473 e. The Morgan fingerprint density at radius 2 is 2.07 bits per heavy atom. The van der Waals surface area contributed by atoms with Gasteiger partial charge in [-0.3, -0.25) is 14.7 Å². The van der Waals surface area contributed by atoms with Crippen molar-refractivity contribution in [3.63, 3.8) is 0 Å². The van der Waals surface area contributed by atoms with Gasteiger partial charge < -0.3 is 19.9 Å². The molecule has 2 aliphatic rings. The second-order valence-electron chi connectivity index (χ2n) is 10.4. The molecule has 224 valence electrons. The summed E-state index contributed by atoms with van der Waals surface area (Å²) in [6.45, 7) is 2.57. The maximum atomic E-state index is 14.1. The number of imidazole rings is 1. The molecular weight excluding hydrogens is 583 g/mol. The van der Waals surface area contributed by atoms with Crippen molar-refractivity contribution in [2.75, 3.05) is 19.6 Å². The zero-order valence-corrected chi connectivity index (χ0v) is 24.8. The van der Waals surface area contributed by atoms with E-state index in [1.165, 1.54) is 6.07 Å². The van der Waals surface area contributed by atoms with E-state index >= 15 is 0 Å². The smallest absolute Gasteiger partial charge is 0.256 e. The minimum absolute atomic E-state index is 0.0658.